The van der Waals surface area contributed by atoms with Crippen LogP contribution in [0.5, 0.6) is 5.75 Å². The number of likely N-dealkylation sites (tertiary alicyclic amines) is 2. The molecule has 6 rings (SSSR count). The summed E-state index contributed by atoms with van der Waals surface area (Å²) in [6.45, 7) is 16.3. The van der Waals surface area contributed by atoms with E-state index in [-0.39, 0.29) is 5.75 Å². The second-order valence-electron chi connectivity index (χ2n) is 14.5. The Morgan fingerprint density at radius 3 is 2.33 bits per heavy atom. The zero-order chi connectivity index (χ0) is 34.7. The predicted molar refractivity (Wildman–Crippen MR) is 210 cm³/mol. The second-order valence-corrected chi connectivity index (χ2v) is 16.7. The number of rotatable bonds is 11. The van der Waals surface area contributed by atoms with Gasteiger partial charge in [0.1, 0.15) is 15.6 Å². The number of allylic oxidation sites excluding steroid dienone is 1. The average molecular weight is 684 g/mol. The molecule has 1 aromatic heterocycles. The highest BCUT2D eigenvalue weighted by Gasteiger charge is 2.28. The molecule has 2 aliphatic heterocycles. The number of phenolic OH excluding ortho intramolecular Hbond substituents is 1. The van der Waals surface area contributed by atoms with Gasteiger partial charge >= 0.3 is 0 Å². The number of hydrogen-bond acceptors (Lipinski definition) is 4. The van der Waals surface area contributed by atoms with Crippen molar-refractivity contribution in [1.82, 2.24) is 23.4 Å². The van der Waals surface area contributed by atoms with Crippen LogP contribution in [0.2, 0.25) is 0 Å². The van der Waals surface area contributed by atoms with E-state index in [4.69, 9.17) is 0 Å². The zero-order valence-electron chi connectivity index (χ0n) is 30.1. The maximum Gasteiger partial charge on any atom is 0.116 e. The van der Waals surface area contributed by atoms with E-state index in [1.165, 1.54) is 93.9 Å². The molecule has 1 aliphatic carbocycles. The Morgan fingerprint density at radius 1 is 0.959 bits per heavy atom. The average Bonchev–Trinajstić information content (AvgIpc) is 3.44. The lowest BCUT2D eigenvalue weighted by atomic mass is 9.81. The summed E-state index contributed by atoms with van der Waals surface area (Å²) in [5.41, 5.74) is 8.40. The van der Waals surface area contributed by atoms with Gasteiger partial charge in [-0.3, -0.25) is 0 Å². The van der Waals surface area contributed by atoms with Crippen molar-refractivity contribution in [3.63, 3.8) is 0 Å². The maximum atomic E-state index is 13.1. The lowest BCUT2D eigenvalue weighted by molar-refractivity contribution is 0.107. The SMILES string of the molecule is C=C(NS(=C)(=O)N(C)C)c1ccc2c(C3CCCCC3)c(-c3ccc(O)cc3/C=C/C(=C)N3CCC(N4CCCCC4)CC3)n(CC)c2c1. The van der Waals surface area contributed by atoms with Crippen molar-refractivity contribution >= 4 is 38.4 Å². The number of aryl methyl sites for hydroxylation is 1. The molecular formula is C41H57N5O2S. The molecule has 49 heavy (non-hydrogen) atoms. The van der Waals surface area contributed by atoms with Crippen LogP contribution < -0.4 is 4.72 Å². The minimum absolute atomic E-state index is 0.261. The van der Waals surface area contributed by atoms with E-state index >= 15 is 0 Å². The fourth-order valence-corrected chi connectivity index (χ4v) is 9.01. The van der Waals surface area contributed by atoms with E-state index in [1.54, 1.807) is 18.4 Å². The first-order chi connectivity index (χ1) is 23.6. The molecule has 8 heteroatoms. The summed E-state index contributed by atoms with van der Waals surface area (Å²) in [6.07, 6.45) is 16.8. The minimum atomic E-state index is -2.68. The molecule has 0 bridgehead atoms. The number of aromatic hydroxyl groups is 1. The maximum absolute atomic E-state index is 13.1. The molecule has 1 atom stereocenters. The van der Waals surface area contributed by atoms with Crippen molar-refractivity contribution in [2.24, 2.45) is 0 Å². The van der Waals surface area contributed by atoms with Gasteiger partial charge in [-0.05, 0) is 112 Å². The molecule has 3 fully saturated rings. The highest BCUT2D eigenvalue weighted by Crippen LogP contribution is 2.46. The third-order valence-corrected chi connectivity index (χ3v) is 12.9. The largest absolute Gasteiger partial charge is 0.508 e. The molecule has 2 saturated heterocycles. The number of phenols is 1. The highest BCUT2D eigenvalue weighted by molar-refractivity contribution is 7.96. The summed E-state index contributed by atoms with van der Waals surface area (Å²) >= 11 is 0. The second kappa shape index (κ2) is 15.2. The van der Waals surface area contributed by atoms with Gasteiger partial charge in [-0.15, -0.1) is 0 Å². The predicted octanol–water partition coefficient (Wildman–Crippen LogP) is 8.23. The quantitative estimate of drug-likeness (QED) is 0.158. The Morgan fingerprint density at radius 2 is 1.65 bits per heavy atom. The summed E-state index contributed by atoms with van der Waals surface area (Å²) in [5.74, 6) is 4.61. The summed E-state index contributed by atoms with van der Waals surface area (Å²) in [4.78, 5) is 5.14. The first kappa shape index (κ1) is 35.4. The first-order valence-electron chi connectivity index (χ1n) is 18.4. The van der Waals surface area contributed by atoms with Crippen LogP contribution in [0.3, 0.4) is 0 Å². The molecule has 3 aliphatic rings. The molecule has 7 nitrogen and oxygen atoms in total. The number of hydrogen-bond donors (Lipinski definition) is 2. The summed E-state index contributed by atoms with van der Waals surface area (Å²) in [5, 5.41) is 12.0. The van der Waals surface area contributed by atoms with Gasteiger partial charge in [0.25, 0.3) is 0 Å². The van der Waals surface area contributed by atoms with Crippen LogP contribution in [0.15, 0.2) is 61.3 Å². The Bertz CT molecular complexity index is 1800. The lowest BCUT2D eigenvalue weighted by Gasteiger charge is -2.41. The third kappa shape index (κ3) is 7.67. The molecule has 3 aromatic rings. The molecule has 0 radical (unpaired) electrons. The van der Waals surface area contributed by atoms with Gasteiger partial charge in [0.2, 0.25) is 0 Å². The molecular weight excluding hydrogens is 627 g/mol. The Labute approximate surface area is 295 Å². The van der Waals surface area contributed by atoms with Crippen LogP contribution >= 0.6 is 0 Å². The fourth-order valence-electron chi connectivity index (χ4n) is 8.33. The van der Waals surface area contributed by atoms with Crippen LogP contribution in [0.1, 0.15) is 93.7 Å². The van der Waals surface area contributed by atoms with E-state index in [9.17, 15) is 9.32 Å². The van der Waals surface area contributed by atoms with E-state index in [0.29, 0.717) is 17.7 Å². The van der Waals surface area contributed by atoms with Crippen molar-refractivity contribution in [1.29, 1.82) is 0 Å². The van der Waals surface area contributed by atoms with Gasteiger partial charge < -0.3 is 24.2 Å². The van der Waals surface area contributed by atoms with Crippen molar-refractivity contribution in [3.05, 3.63) is 78.0 Å². The van der Waals surface area contributed by atoms with Crippen molar-refractivity contribution in [3.8, 4) is 17.0 Å². The van der Waals surface area contributed by atoms with E-state index in [0.717, 1.165) is 47.5 Å². The van der Waals surface area contributed by atoms with E-state index < -0.39 is 9.89 Å². The smallest absolute Gasteiger partial charge is 0.116 e. The van der Waals surface area contributed by atoms with Crippen molar-refractivity contribution in [2.75, 3.05) is 40.3 Å². The van der Waals surface area contributed by atoms with Crippen LogP contribution in [0.4, 0.5) is 0 Å². The highest BCUT2D eigenvalue weighted by atomic mass is 32.2. The van der Waals surface area contributed by atoms with Crippen LogP contribution in [0, 0.1) is 0 Å². The minimum Gasteiger partial charge on any atom is -0.508 e. The Hall–Kier alpha value is -3.46. The summed E-state index contributed by atoms with van der Waals surface area (Å²) in [6, 6.07) is 13.0. The summed E-state index contributed by atoms with van der Waals surface area (Å²) < 4.78 is 20.1. The van der Waals surface area contributed by atoms with Gasteiger partial charge in [0.05, 0.1) is 5.69 Å². The van der Waals surface area contributed by atoms with Crippen LogP contribution in [-0.4, -0.2) is 80.2 Å². The molecule has 0 amide bonds. The van der Waals surface area contributed by atoms with Crippen LogP contribution in [-0.2, 0) is 16.4 Å². The van der Waals surface area contributed by atoms with Gasteiger partial charge in [-0.1, -0.05) is 57.0 Å². The standard InChI is InChI=1S/C41H57N5O2S/c1-7-46-39-29-33(31(3)42-49(6,48)43(4)5)18-20-38(39)40(32-14-10-8-11-15-32)41(46)37-21-19-36(47)28-34(37)17-16-30(2)44-26-22-35(23-27-44)45-24-12-9-13-25-45/h16-21,28-29,32,35,47H,2-3,6-15,22-27H2,1,4-5H3,(H,42,48)/b17-16+. The number of aromatic nitrogens is 1. The molecule has 0 spiro atoms. The van der Waals surface area contributed by atoms with Crippen LogP contribution in [0.25, 0.3) is 33.9 Å². The van der Waals surface area contributed by atoms with Gasteiger partial charge in [0, 0.05) is 73.2 Å². The van der Waals surface area contributed by atoms with Crippen molar-refractivity contribution in [2.45, 2.75) is 89.6 Å². The van der Waals surface area contributed by atoms with Gasteiger partial charge in [-0.25, -0.2) is 8.51 Å². The molecule has 3 heterocycles. The van der Waals surface area contributed by atoms with E-state index in [2.05, 4.69) is 81.5 Å². The Kier molecular flexibility index (Phi) is 11.0. The monoisotopic (exact) mass is 683 g/mol. The molecule has 2 N–H and O–H groups in total. The zero-order valence-corrected chi connectivity index (χ0v) is 30.9. The number of fused-ring (bicyclic) bond motifs is 1. The molecule has 1 saturated carbocycles. The van der Waals surface area contributed by atoms with E-state index in [1.807, 2.05) is 12.1 Å². The third-order valence-electron chi connectivity index (χ3n) is 11.2. The van der Waals surface area contributed by atoms with Gasteiger partial charge in [-0.2, -0.15) is 0 Å². The van der Waals surface area contributed by atoms with Crippen molar-refractivity contribution < 1.29 is 9.32 Å². The number of piperidine rings is 2. The number of benzene rings is 2. The summed E-state index contributed by atoms with van der Waals surface area (Å²) in [7, 11) is 0.818. The van der Waals surface area contributed by atoms with Gasteiger partial charge in [0.15, 0.2) is 0 Å². The Balaban J connectivity index is 1.35. The normalized spacial score (nSPS) is 19.9. The lowest BCUT2D eigenvalue weighted by Crippen LogP contribution is -2.46. The molecule has 1 unspecified atom stereocenters. The molecule has 2 aromatic carbocycles. The fraction of sp³-hybridized carbons (Fsp3) is 0.488. The molecule has 264 valence electrons. The number of nitrogens with zero attached hydrogens (tertiary/aromatic N) is 4. The first-order valence-corrected chi connectivity index (χ1v) is 20.1. The number of nitrogens with one attached hydrogen (secondary N) is 1. The topological polar surface area (TPSA) is 64.0 Å².